The van der Waals surface area contributed by atoms with E-state index in [1.54, 1.807) is 0 Å². The van der Waals surface area contributed by atoms with Crippen molar-refractivity contribution in [3.8, 4) is 0 Å². The molecule has 7 heteroatoms. The Bertz CT molecular complexity index is 633. The van der Waals surface area contributed by atoms with Gasteiger partial charge in [0.05, 0.1) is 6.54 Å². The molecule has 7 nitrogen and oxygen atoms in total. The summed E-state index contributed by atoms with van der Waals surface area (Å²) in [5.74, 6) is 5.88. The predicted octanol–water partition coefficient (Wildman–Crippen LogP) is 0.207. The third-order valence-corrected chi connectivity index (χ3v) is 7.65. The Morgan fingerprint density at radius 3 is 2.30 bits per heavy atom. The second kappa shape index (κ2) is 7.43. The fourth-order valence-corrected chi connectivity index (χ4v) is 5.56. The minimum absolute atomic E-state index is 0.584. The lowest BCUT2D eigenvalue weighted by molar-refractivity contribution is 0.144. The highest BCUT2D eigenvalue weighted by molar-refractivity contribution is 5.07. The maximum atomic E-state index is 4.61. The number of likely N-dealkylation sites (N-methyl/N-ethyl adjacent to an activating group) is 1. The van der Waals surface area contributed by atoms with E-state index in [4.69, 9.17) is 0 Å². The van der Waals surface area contributed by atoms with E-state index in [1.807, 2.05) is 0 Å². The van der Waals surface area contributed by atoms with Crippen molar-refractivity contribution in [3.63, 3.8) is 0 Å². The monoisotopic (exact) mass is 373 g/mol. The summed E-state index contributed by atoms with van der Waals surface area (Å²) in [5.41, 5.74) is 0. The number of likely N-dealkylation sites (tertiary alicyclic amines) is 1. The van der Waals surface area contributed by atoms with Crippen LogP contribution < -0.4 is 5.32 Å². The van der Waals surface area contributed by atoms with Gasteiger partial charge in [-0.3, -0.25) is 4.90 Å². The Labute approximate surface area is 163 Å². The number of piperidine rings is 2. The minimum Gasteiger partial charge on any atom is -0.317 e. The van der Waals surface area contributed by atoms with Crippen molar-refractivity contribution in [2.24, 2.45) is 24.8 Å². The standard InChI is InChI=1S/C20H35N7/c1-24-7-9-27(10-8-24)14-19-22-23-20(25(19)2)15-3-5-26(6-4-15)13-18-16-11-21-12-17(16)18/h15-18,21H,3-14H2,1-2H3/t16-,17+,18?. The lowest BCUT2D eigenvalue weighted by Crippen LogP contribution is -2.44. The fourth-order valence-electron chi connectivity index (χ4n) is 5.56. The molecule has 3 atom stereocenters. The molecule has 1 unspecified atom stereocenters. The van der Waals surface area contributed by atoms with Gasteiger partial charge in [-0.1, -0.05) is 0 Å². The number of aromatic nitrogens is 3. The van der Waals surface area contributed by atoms with Gasteiger partial charge in [-0.05, 0) is 63.8 Å². The lowest BCUT2D eigenvalue weighted by atomic mass is 9.95. The molecule has 0 aromatic carbocycles. The second-order valence-electron chi connectivity index (χ2n) is 9.34. The molecule has 150 valence electrons. The van der Waals surface area contributed by atoms with E-state index in [-0.39, 0.29) is 0 Å². The van der Waals surface area contributed by atoms with Crippen LogP contribution in [-0.4, -0.2) is 95.4 Å². The molecule has 0 spiro atoms. The van der Waals surface area contributed by atoms with Crippen LogP contribution in [0.5, 0.6) is 0 Å². The van der Waals surface area contributed by atoms with E-state index in [2.05, 4.69) is 48.9 Å². The first-order chi connectivity index (χ1) is 13.2. The molecular weight excluding hydrogens is 338 g/mol. The summed E-state index contributed by atoms with van der Waals surface area (Å²) in [6.07, 6.45) is 2.47. The normalized spacial score (nSPS) is 33.5. The van der Waals surface area contributed by atoms with Gasteiger partial charge in [-0.15, -0.1) is 10.2 Å². The van der Waals surface area contributed by atoms with Gasteiger partial charge in [0, 0.05) is 45.7 Å². The molecule has 3 saturated heterocycles. The third kappa shape index (κ3) is 3.67. The quantitative estimate of drug-likeness (QED) is 0.796. The molecule has 0 amide bonds. The second-order valence-corrected chi connectivity index (χ2v) is 9.34. The Kier molecular flexibility index (Phi) is 4.96. The van der Waals surface area contributed by atoms with Gasteiger partial charge in [0.25, 0.3) is 0 Å². The summed E-state index contributed by atoms with van der Waals surface area (Å²) < 4.78 is 2.29. The van der Waals surface area contributed by atoms with Crippen LogP contribution in [-0.2, 0) is 13.6 Å². The number of piperazine rings is 1. The Morgan fingerprint density at radius 2 is 1.59 bits per heavy atom. The zero-order valence-electron chi connectivity index (χ0n) is 17.0. The van der Waals surface area contributed by atoms with Crippen molar-refractivity contribution in [1.82, 2.24) is 34.8 Å². The summed E-state index contributed by atoms with van der Waals surface area (Å²) >= 11 is 0. The lowest BCUT2D eigenvalue weighted by Gasteiger charge is -2.32. The maximum absolute atomic E-state index is 4.61. The first-order valence-electron chi connectivity index (χ1n) is 10.9. The van der Waals surface area contributed by atoms with Crippen LogP contribution >= 0.6 is 0 Å². The molecule has 3 aliphatic heterocycles. The van der Waals surface area contributed by atoms with E-state index in [0.29, 0.717) is 5.92 Å². The van der Waals surface area contributed by atoms with Crippen molar-refractivity contribution in [1.29, 1.82) is 0 Å². The van der Waals surface area contributed by atoms with Gasteiger partial charge >= 0.3 is 0 Å². The zero-order valence-corrected chi connectivity index (χ0v) is 17.0. The van der Waals surface area contributed by atoms with Crippen LogP contribution in [0.3, 0.4) is 0 Å². The molecule has 0 bridgehead atoms. The van der Waals surface area contributed by atoms with Crippen molar-refractivity contribution >= 4 is 0 Å². The minimum atomic E-state index is 0.584. The van der Waals surface area contributed by atoms with Crippen LogP contribution in [0.4, 0.5) is 0 Å². The molecule has 27 heavy (non-hydrogen) atoms. The number of nitrogens with zero attached hydrogens (tertiary/aromatic N) is 6. The molecule has 1 aliphatic carbocycles. The molecule has 1 aromatic heterocycles. The molecule has 4 fully saturated rings. The summed E-state index contributed by atoms with van der Waals surface area (Å²) in [7, 11) is 4.38. The van der Waals surface area contributed by atoms with Crippen LogP contribution in [0.2, 0.25) is 0 Å². The number of fused-ring (bicyclic) bond motifs is 1. The molecule has 5 rings (SSSR count). The van der Waals surface area contributed by atoms with Gasteiger partial charge < -0.3 is 19.7 Å². The SMILES string of the molecule is CN1CCN(Cc2nnc(C3CCN(CC4[C@H]5CNC[C@@H]45)CC3)n2C)CC1. The molecular formula is C20H35N7. The van der Waals surface area contributed by atoms with Crippen LogP contribution in [0, 0.1) is 17.8 Å². The number of rotatable bonds is 5. The van der Waals surface area contributed by atoms with Gasteiger partial charge in [0.15, 0.2) is 0 Å². The number of hydrogen-bond donors (Lipinski definition) is 1. The van der Waals surface area contributed by atoms with Crippen molar-refractivity contribution in [2.45, 2.75) is 25.3 Å². The summed E-state index contributed by atoms with van der Waals surface area (Å²) in [6.45, 7) is 11.8. The van der Waals surface area contributed by atoms with E-state index < -0.39 is 0 Å². The highest BCUT2D eigenvalue weighted by Gasteiger charge is 2.52. The zero-order chi connectivity index (χ0) is 18.4. The van der Waals surface area contributed by atoms with Crippen LogP contribution in [0.25, 0.3) is 0 Å². The summed E-state index contributed by atoms with van der Waals surface area (Å²) in [6, 6.07) is 0. The molecule has 0 radical (unpaired) electrons. The van der Waals surface area contributed by atoms with E-state index in [0.717, 1.165) is 56.3 Å². The average Bonchev–Trinajstić information content (AvgIpc) is 3.01. The van der Waals surface area contributed by atoms with Gasteiger partial charge in [0.2, 0.25) is 0 Å². The van der Waals surface area contributed by atoms with E-state index in [1.165, 1.54) is 51.4 Å². The highest BCUT2D eigenvalue weighted by Crippen LogP contribution is 2.49. The van der Waals surface area contributed by atoms with Gasteiger partial charge in [-0.25, -0.2) is 0 Å². The highest BCUT2D eigenvalue weighted by atomic mass is 15.3. The van der Waals surface area contributed by atoms with Crippen LogP contribution in [0.1, 0.15) is 30.4 Å². The van der Waals surface area contributed by atoms with E-state index in [9.17, 15) is 0 Å². The van der Waals surface area contributed by atoms with Crippen LogP contribution in [0.15, 0.2) is 0 Å². The van der Waals surface area contributed by atoms with Gasteiger partial charge in [0.1, 0.15) is 11.6 Å². The van der Waals surface area contributed by atoms with Gasteiger partial charge in [-0.2, -0.15) is 0 Å². The first-order valence-corrected chi connectivity index (χ1v) is 10.9. The Balaban J connectivity index is 1.13. The van der Waals surface area contributed by atoms with E-state index >= 15 is 0 Å². The summed E-state index contributed by atoms with van der Waals surface area (Å²) in [5, 5.41) is 12.7. The number of hydrogen-bond acceptors (Lipinski definition) is 6. The molecule has 4 heterocycles. The smallest absolute Gasteiger partial charge is 0.146 e. The molecule has 4 aliphatic rings. The predicted molar refractivity (Wildman–Crippen MR) is 106 cm³/mol. The summed E-state index contributed by atoms with van der Waals surface area (Å²) in [4.78, 5) is 7.62. The average molecular weight is 374 g/mol. The largest absolute Gasteiger partial charge is 0.317 e. The number of nitrogens with one attached hydrogen (secondary N) is 1. The molecule has 1 N–H and O–H groups in total. The van der Waals surface area contributed by atoms with Crippen molar-refractivity contribution in [2.75, 3.05) is 66.0 Å². The molecule has 1 aromatic rings. The third-order valence-electron chi connectivity index (χ3n) is 7.65. The van der Waals surface area contributed by atoms with Crippen molar-refractivity contribution < 1.29 is 0 Å². The fraction of sp³-hybridized carbons (Fsp3) is 0.900. The molecule has 1 saturated carbocycles. The maximum Gasteiger partial charge on any atom is 0.146 e. The first kappa shape index (κ1) is 18.0. The van der Waals surface area contributed by atoms with Crippen molar-refractivity contribution in [3.05, 3.63) is 11.6 Å². The Morgan fingerprint density at radius 1 is 0.889 bits per heavy atom. The topological polar surface area (TPSA) is 52.5 Å². The Hall–Kier alpha value is -1.02.